The minimum atomic E-state index is -4.05. The summed E-state index contributed by atoms with van der Waals surface area (Å²) in [4.78, 5) is 113. The third-order valence-corrected chi connectivity index (χ3v) is 22.7. The number of nitrogens with two attached hydrogens (primary N) is 1. The molecule has 2 amide bonds. The number of carboxylic acid groups (broad SMARTS) is 1. The smallest absolute Gasteiger partial charge is 0.429 e. The number of amides is 2. The number of alkyl halides is 1. The lowest BCUT2D eigenvalue weighted by molar-refractivity contribution is -0.386. The summed E-state index contributed by atoms with van der Waals surface area (Å²) in [6.45, 7) is 12.4. The second kappa shape index (κ2) is 55.3. The lowest BCUT2D eigenvalue weighted by atomic mass is 10.1. The number of nitro benzene ring substituents is 2. The van der Waals surface area contributed by atoms with Gasteiger partial charge in [0.2, 0.25) is 39.1 Å². The van der Waals surface area contributed by atoms with Crippen LogP contribution in [0.25, 0.3) is 0 Å². The number of aromatic hydroxyl groups is 1. The molecule has 0 bridgehead atoms. The average molecular weight is 2100 g/mol. The van der Waals surface area contributed by atoms with Crippen molar-refractivity contribution in [3.8, 4) is 34.5 Å². The molecule has 0 heterocycles. The van der Waals surface area contributed by atoms with Gasteiger partial charge in [0.25, 0.3) is 0 Å². The van der Waals surface area contributed by atoms with E-state index in [2.05, 4.69) is 55.0 Å². The van der Waals surface area contributed by atoms with Crippen molar-refractivity contribution < 1.29 is 149 Å². The van der Waals surface area contributed by atoms with Crippen LogP contribution in [0.3, 0.4) is 0 Å². The van der Waals surface area contributed by atoms with Gasteiger partial charge >= 0.3 is 59.4 Å². The van der Waals surface area contributed by atoms with E-state index in [9.17, 15) is 92.3 Å². The van der Waals surface area contributed by atoms with Crippen LogP contribution in [0.2, 0.25) is 0 Å². The van der Waals surface area contributed by atoms with Gasteiger partial charge in [-0.15, -0.1) is 0 Å². The maximum absolute atomic E-state index is 12.7. The van der Waals surface area contributed by atoms with Crippen LogP contribution in [0, 0.1) is 55.7 Å². The Hall–Kier alpha value is -11.6. The standard InChI is InChI=1S/C19H27NO7S.C18H25NO7S.C14H19NO5S.C13H15NO5.C13H17NO3.C9H9NO5.C4H7Br.CH3ClO2S.CH4/c1-19(2,3)27-18(22)20(28(5,23)24)15-10-14(11-17(21)25-4)8-9-16(15)26-12-13-6-7-13;1-18(2,3)26-17(22)19(27(4,23)24)14-9-13(10-16(20)21)7-8-15(14)25-11-12-5-6-12;1-19-14(16)8-11-5-6-13(20-9-10-3-4-10)12(7-11)15-21(2,17)18;1-18-13(15)7-10-4-5-12(11(6-10)14(16)17)19-8-9-2-3-9;1-16-13(15)7-10-4-5-12(11(14)6-10)17-8-9-2-3-9;1-15-9(12)5-6-2-3-8(11)7(4-6)10(13)14;5-3-4-1-2-4;1-5(2,3)4;/h8-10,13H,6-7,11-12H2,1-5H3;7-9,12H,5-6,10-11H2,1-4H3,(H,20,21);5-7,10,15H,3-4,8-9H2,1-2H3;4-6,9H,2-3,7-8H2,1H3;4-6,9H,2-3,7-8,14H2,1H3;2-4,11H,5H2,1H3;4H,1-3H2;1H3;1H4. The van der Waals surface area contributed by atoms with Crippen molar-refractivity contribution >= 4 is 148 Å². The average Bonchev–Trinajstić information content (AvgIpc) is 1.70. The zero-order valence-corrected chi connectivity index (χ0v) is 84.6. The quantitative estimate of drug-likeness (QED) is 0.00540. The van der Waals surface area contributed by atoms with E-state index < -0.39 is 108 Å². The Bertz CT molecular complexity index is 5630. The van der Waals surface area contributed by atoms with E-state index in [0.29, 0.717) is 115 Å². The van der Waals surface area contributed by atoms with Gasteiger partial charge in [-0.05, 0) is 248 Å². The maximum atomic E-state index is 12.7. The van der Waals surface area contributed by atoms with E-state index in [4.69, 9.17) is 49.1 Å². The first kappa shape index (κ1) is 119. The predicted octanol–water partition coefficient (Wildman–Crippen LogP) is 14.8. The Morgan fingerprint density at radius 3 is 0.978 bits per heavy atom. The van der Waals surface area contributed by atoms with Crippen LogP contribution in [0.1, 0.15) is 159 Å². The summed E-state index contributed by atoms with van der Waals surface area (Å²) in [5.74, 6) is 1.96. The highest BCUT2D eigenvalue weighted by atomic mass is 79.9. The molecule has 0 radical (unpaired) electrons. The number of benzene rings is 6. The van der Waals surface area contributed by atoms with Crippen molar-refractivity contribution in [1.82, 2.24) is 0 Å². The Morgan fingerprint density at radius 1 is 0.428 bits per heavy atom. The fourth-order valence-electron chi connectivity index (χ4n) is 11.1. The highest BCUT2D eigenvalue weighted by Gasteiger charge is 2.37. The van der Waals surface area contributed by atoms with Crippen molar-refractivity contribution in [2.75, 3.05) is 118 Å². The van der Waals surface area contributed by atoms with E-state index in [1.54, 1.807) is 90.1 Å². The van der Waals surface area contributed by atoms with Gasteiger partial charge < -0.3 is 72.8 Å². The summed E-state index contributed by atoms with van der Waals surface area (Å²) in [7, 11) is -3.72. The summed E-state index contributed by atoms with van der Waals surface area (Å²) in [5, 5.41) is 40.8. The number of hydrogen-bond donors (Lipinski definition) is 4. The highest BCUT2D eigenvalue weighted by molar-refractivity contribution is 9.09. The number of carboxylic acids is 1. The number of anilines is 4. The molecule has 766 valence electrons. The zero-order valence-electron chi connectivity index (χ0n) is 79.0. The molecule has 6 saturated carbocycles. The van der Waals surface area contributed by atoms with Gasteiger partial charge in [0.15, 0.2) is 11.5 Å². The fraction of sp³-hybridized carbons (Fsp3) is 0.522. The SMILES string of the molecule is BrCC1CC1.C.CC(C)(C)OC(=O)N(c1cc(CC(=O)O)ccc1OCC1CC1)S(C)(=O)=O.COC(=O)Cc1ccc(O)c([N+](=O)[O-])c1.COC(=O)Cc1ccc(OCC2CC2)c(N(C(=O)OC(C)(C)C)S(C)(=O)=O)c1.COC(=O)Cc1ccc(OCC2CC2)c(N)c1.COC(=O)Cc1ccc(OCC2CC2)c(NS(C)(=O)=O)c1.COC(=O)Cc1ccc(OCC2CC2)c([N+](=O)[O-])c1.CS(=O)(=O)Cl. The van der Waals surface area contributed by atoms with Crippen molar-refractivity contribution in [1.29, 1.82) is 0 Å². The second-order valence-electron chi connectivity index (χ2n) is 34.7. The van der Waals surface area contributed by atoms with Gasteiger partial charge in [-0.2, -0.15) is 8.61 Å². The number of methoxy groups -OCH3 is 5. The first-order valence-electron chi connectivity index (χ1n) is 43.0. The molecule has 6 aromatic carbocycles. The van der Waals surface area contributed by atoms with Gasteiger partial charge in [-0.1, -0.05) is 59.8 Å². The second-order valence-corrected chi connectivity index (χ2v) is 43.8. The number of nitrogens with zero attached hydrogens (tertiary/aromatic N) is 4. The minimum absolute atomic E-state index is 0. The Balaban J connectivity index is 0.000000341. The number of phenols is 1. The van der Waals surface area contributed by atoms with Gasteiger partial charge in [-0.25, -0.2) is 43.3 Å². The topological polar surface area (TPSA) is 555 Å². The molecule has 6 aromatic rings. The zero-order chi connectivity index (χ0) is 103. The Morgan fingerprint density at radius 2 is 0.696 bits per heavy atom. The summed E-state index contributed by atoms with van der Waals surface area (Å²) < 4.78 is 156. The molecule has 40 nitrogen and oxygen atoms in total. The first-order chi connectivity index (χ1) is 63.9. The predicted molar refractivity (Wildman–Crippen MR) is 519 cm³/mol. The number of halogens is 2. The highest BCUT2D eigenvalue weighted by Crippen LogP contribution is 2.41. The molecule has 0 saturated heterocycles. The molecular formula is C92H126BrClN6O34S4. The number of hydrogen-bond acceptors (Lipinski definition) is 34. The van der Waals surface area contributed by atoms with E-state index in [1.165, 1.54) is 109 Å². The number of nitrogens with one attached hydrogen (secondary N) is 1. The molecule has 46 heteroatoms. The van der Waals surface area contributed by atoms with Crippen LogP contribution < -0.4 is 42.8 Å². The van der Waals surface area contributed by atoms with Crippen molar-refractivity contribution in [3.05, 3.63) is 163 Å². The number of nitro groups is 2. The fourth-order valence-corrected chi connectivity index (χ4v) is 14.0. The molecule has 0 unspecified atom stereocenters. The van der Waals surface area contributed by atoms with Gasteiger partial charge in [0.1, 0.15) is 45.6 Å². The molecule has 5 N–H and O–H groups in total. The third-order valence-electron chi connectivity index (χ3n) is 19.1. The van der Waals surface area contributed by atoms with Crippen LogP contribution in [-0.2, 0) is 140 Å². The minimum Gasteiger partial charge on any atom is -0.502 e. The van der Waals surface area contributed by atoms with Gasteiger partial charge in [0.05, 0.1) is 153 Å². The summed E-state index contributed by atoms with van der Waals surface area (Å²) >= 11 is 3.38. The van der Waals surface area contributed by atoms with E-state index >= 15 is 0 Å². The van der Waals surface area contributed by atoms with Crippen molar-refractivity contribution in [2.24, 2.45) is 35.5 Å². The van der Waals surface area contributed by atoms with E-state index in [0.717, 1.165) is 101 Å². The Kier molecular flexibility index (Phi) is 47.6. The van der Waals surface area contributed by atoms with Crippen molar-refractivity contribution in [2.45, 2.75) is 176 Å². The third kappa shape index (κ3) is 49.1. The van der Waals surface area contributed by atoms with Gasteiger partial charge in [-0.3, -0.25) is 53.7 Å². The van der Waals surface area contributed by atoms with E-state index in [-0.39, 0.29) is 92.2 Å². The molecule has 0 aliphatic heterocycles. The molecule has 0 atom stereocenters. The molecular weight excluding hydrogens is 1980 g/mol. The van der Waals surface area contributed by atoms with Crippen LogP contribution >= 0.6 is 26.6 Å². The monoisotopic (exact) mass is 2100 g/mol. The Labute approximate surface area is 818 Å². The number of nitrogen functional groups attached to an aromatic ring is 1. The molecule has 6 aliphatic carbocycles. The number of carbonyl (C=O) groups excluding carboxylic acids is 7. The molecule has 6 aliphatic rings. The molecule has 0 spiro atoms. The lowest BCUT2D eigenvalue weighted by Gasteiger charge is -2.27. The van der Waals surface area contributed by atoms with Crippen LogP contribution in [0.5, 0.6) is 34.5 Å². The number of esters is 5. The largest absolute Gasteiger partial charge is 0.502 e. The van der Waals surface area contributed by atoms with E-state index in [1.807, 2.05) is 12.1 Å². The van der Waals surface area contributed by atoms with Crippen LogP contribution in [0.4, 0.5) is 43.7 Å². The number of aliphatic carboxylic acids is 1. The molecule has 138 heavy (non-hydrogen) atoms. The summed E-state index contributed by atoms with van der Waals surface area (Å²) in [6, 6.07) is 27.7. The normalized spacial score (nSPS) is 14.0. The summed E-state index contributed by atoms with van der Waals surface area (Å²) in [6.07, 6.45) is 15.7. The number of rotatable bonds is 36. The first-order valence-corrected chi connectivity index (χ1v) is 52.4. The number of carbonyl (C=O) groups is 8. The molecule has 12 rings (SSSR count). The molecule has 0 aromatic heterocycles. The summed E-state index contributed by atoms with van der Waals surface area (Å²) in [5.41, 5.74) is 7.71. The molecule has 6 fully saturated rings. The van der Waals surface area contributed by atoms with Crippen LogP contribution in [-0.4, -0.2) is 212 Å². The number of phenolic OH excluding ortho intramolecular Hbond substituents is 1. The maximum Gasteiger partial charge on any atom is 0.429 e. The van der Waals surface area contributed by atoms with Crippen LogP contribution in [0.15, 0.2) is 109 Å². The lowest BCUT2D eigenvalue weighted by Crippen LogP contribution is -2.40. The van der Waals surface area contributed by atoms with Crippen molar-refractivity contribution in [3.63, 3.8) is 0 Å². The number of sulfonamides is 3. The van der Waals surface area contributed by atoms with Gasteiger partial charge in [0, 0.05) is 28.1 Å². The number of ether oxygens (including phenoxy) is 12.